The topological polar surface area (TPSA) is 95.3 Å². The van der Waals surface area contributed by atoms with Gasteiger partial charge in [0.2, 0.25) is 0 Å². The molecule has 0 saturated carbocycles. The molecule has 8 nitrogen and oxygen atoms in total. The van der Waals surface area contributed by atoms with Crippen molar-refractivity contribution in [3.63, 3.8) is 0 Å². The number of aromatic amines is 1. The first-order chi connectivity index (χ1) is 9.11. The van der Waals surface area contributed by atoms with Crippen molar-refractivity contribution in [1.82, 2.24) is 14.1 Å². The fourth-order valence-corrected chi connectivity index (χ4v) is 1.50. The predicted octanol–water partition coefficient (Wildman–Crippen LogP) is -1.01. The molecule has 0 unspecified atom stereocenters. The Hall–Kier alpha value is -1.32. The summed E-state index contributed by atoms with van der Waals surface area (Å²) in [5.41, 5.74) is -2.22. The van der Waals surface area contributed by atoms with Crippen LogP contribution in [0.3, 0.4) is 0 Å². The average molecular weight is 291 g/mol. The Labute approximate surface area is 114 Å². The fourth-order valence-electron chi connectivity index (χ4n) is 1.36. The molecular formula is C10H17N3O5S. The number of nitrogens with zero attached hydrogens (tertiary/aromatic N) is 2. The highest BCUT2D eigenvalue weighted by Crippen LogP contribution is 1.85. The molecule has 9 heteroatoms. The number of thiol groups is 1. The quantitative estimate of drug-likeness (QED) is 0.363. The van der Waals surface area contributed by atoms with Crippen LogP contribution in [0.15, 0.2) is 14.4 Å². The molecule has 0 radical (unpaired) electrons. The highest BCUT2D eigenvalue weighted by molar-refractivity contribution is 7.80. The Bertz CT molecular complexity index is 562. The highest BCUT2D eigenvalue weighted by Gasteiger charge is 2.09. The molecular weight excluding hydrogens is 274 g/mol. The van der Waals surface area contributed by atoms with Gasteiger partial charge in [-0.2, -0.15) is 12.6 Å². The molecule has 1 aromatic rings. The third-order valence-corrected chi connectivity index (χ3v) is 2.61. The SMILES string of the molecule is CCOCOCn1c(=O)[nH]c(=O)n(CCCS)c1=O. The minimum absolute atomic E-state index is 0.0296. The molecule has 1 rings (SSSR count). The van der Waals surface area contributed by atoms with Crippen molar-refractivity contribution in [1.29, 1.82) is 0 Å². The van der Waals surface area contributed by atoms with Gasteiger partial charge in [-0.15, -0.1) is 0 Å². The van der Waals surface area contributed by atoms with E-state index >= 15 is 0 Å². The van der Waals surface area contributed by atoms with Crippen molar-refractivity contribution in [2.75, 3.05) is 19.2 Å². The van der Waals surface area contributed by atoms with E-state index in [0.29, 0.717) is 18.8 Å². The Morgan fingerprint density at radius 3 is 2.47 bits per heavy atom. The van der Waals surface area contributed by atoms with Crippen LogP contribution in [0.4, 0.5) is 0 Å². The highest BCUT2D eigenvalue weighted by atomic mass is 32.1. The van der Waals surface area contributed by atoms with Gasteiger partial charge in [0.25, 0.3) is 0 Å². The van der Waals surface area contributed by atoms with Crippen molar-refractivity contribution in [3.8, 4) is 0 Å². The van der Waals surface area contributed by atoms with Crippen LogP contribution in [-0.4, -0.2) is 33.3 Å². The zero-order chi connectivity index (χ0) is 14.3. The molecule has 1 aromatic heterocycles. The first kappa shape index (κ1) is 15.7. The molecule has 19 heavy (non-hydrogen) atoms. The van der Waals surface area contributed by atoms with Crippen LogP contribution < -0.4 is 17.1 Å². The number of ether oxygens (including phenoxy) is 2. The van der Waals surface area contributed by atoms with Gasteiger partial charge in [-0.05, 0) is 19.1 Å². The summed E-state index contributed by atoms with van der Waals surface area (Å²) < 4.78 is 11.7. The van der Waals surface area contributed by atoms with Gasteiger partial charge >= 0.3 is 17.1 Å². The van der Waals surface area contributed by atoms with Gasteiger partial charge in [-0.1, -0.05) is 0 Å². The number of hydrogen-bond donors (Lipinski definition) is 2. The monoisotopic (exact) mass is 291 g/mol. The van der Waals surface area contributed by atoms with E-state index in [4.69, 9.17) is 9.47 Å². The number of aromatic nitrogens is 3. The number of H-pyrrole nitrogens is 1. The Morgan fingerprint density at radius 2 is 1.84 bits per heavy atom. The summed E-state index contributed by atoms with van der Waals surface area (Å²) in [6, 6.07) is 0. The predicted molar refractivity (Wildman–Crippen MR) is 71.6 cm³/mol. The van der Waals surface area contributed by atoms with E-state index < -0.39 is 17.1 Å². The smallest absolute Gasteiger partial charge is 0.338 e. The van der Waals surface area contributed by atoms with E-state index in [2.05, 4.69) is 17.6 Å². The van der Waals surface area contributed by atoms with Gasteiger partial charge in [-0.25, -0.2) is 23.5 Å². The molecule has 1 N–H and O–H groups in total. The van der Waals surface area contributed by atoms with E-state index in [1.807, 2.05) is 0 Å². The van der Waals surface area contributed by atoms with Gasteiger partial charge in [0.05, 0.1) is 0 Å². The first-order valence-electron chi connectivity index (χ1n) is 5.82. The van der Waals surface area contributed by atoms with Gasteiger partial charge in [0.1, 0.15) is 13.5 Å². The van der Waals surface area contributed by atoms with Gasteiger partial charge in [0.15, 0.2) is 0 Å². The average Bonchev–Trinajstić information content (AvgIpc) is 2.37. The summed E-state index contributed by atoms with van der Waals surface area (Å²) in [6.07, 6.45) is 0.546. The lowest BCUT2D eigenvalue weighted by molar-refractivity contribution is -0.0775. The molecule has 0 atom stereocenters. The zero-order valence-electron chi connectivity index (χ0n) is 10.6. The minimum atomic E-state index is -0.798. The van der Waals surface area contributed by atoms with Crippen molar-refractivity contribution >= 4 is 12.6 Å². The third-order valence-electron chi connectivity index (χ3n) is 2.30. The Kier molecular flexibility index (Phi) is 6.60. The second kappa shape index (κ2) is 7.97. The molecule has 0 spiro atoms. The normalized spacial score (nSPS) is 10.8. The van der Waals surface area contributed by atoms with Gasteiger partial charge in [0, 0.05) is 13.2 Å². The number of hydrogen-bond acceptors (Lipinski definition) is 6. The first-order valence-corrected chi connectivity index (χ1v) is 6.45. The van der Waals surface area contributed by atoms with Crippen LogP contribution in [-0.2, 0) is 22.7 Å². The Morgan fingerprint density at radius 1 is 1.16 bits per heavy atom. The summed E-state index contributed by atoms with van der Waals surface area (Å²) in [5, 5.41) is 0. The van der Waals surface area contributed by atoms with Gasteiger partial charge in [-0.3, -0.25) is 4.98 Å². The van der Waals surface area contributed by atoms with Crippen molar-refractivity contribution in [3.05, 3.63) is 31.5 Å². The molecule has 0 bridgehead atoms. The van der Waals surface area contributed by atoms with Crippen LogP contribution in [0, 0.1) is 0 Å². The number of rotatable bonds is 8. The zero-order valence-corrected chi connectivity index (χ0v) is 11.5. The van der Waals surface area contributed by atoms with Crippen LogP contribution in [0.1, 0.15) is 13.3 Å². The lowest BCUT2D eigenvalue weighted by Gasteiger charge is -2.08. The maximum absolute atomic E-state index is 11.9. The summed E-state index contributed by atoms with van der Waals surface area (Å²) in [6.45, 7) is 2.16. The molecule has 0 saturated heterocycles. The molecule has 0 amide bonds. The van der Waals surface area contributed by atoms with Gasteiger partial charge < -0.3 is 9.47 Å². The van der Waals surface area contributed by atoms with Crippen LogP contribution in [0.2, 0.25) is 0 Å². The molecule has 0 fully saturated rings. The van der Waals surface area contributed by atoms with E-state index in [9.17, 15) is 14.4 Å². The summed E-state index contributed by atoms with van der Waals surface area (Å²) in [5.74, 6) is 0.534. The van der Waals surface area contributed by atoms with Crippen molar-refractivity contribution < 1.29 is 9.47 Å². The van der Waals surface area contributed by atoms with E-state index in [1.165, 1.54) is 0 Å². The van der Waals surface area contributed by atoms with Crippen LogP contribution in [0.5, 0.6) is 0 Å². The lowest BCUT2D eigenvalue weighted by atomic mass is 10.5. The van der Waals surface area contributed by atoms with Crippen LogP contribution >= 0.6 is 12.6 Å². The standard InChI is InChI=1S/C10H17N3O5S/c1-2-17-7-18-6-13-9(15)11-8(14)12(10(13)16)4-3-5-19/h19H,2-7H2,1H3,(H,11,14,15). The summed E-state index contributed by atoms with van der Waals surface area (Å²) in [4.78, 5) is 37.0. The Balaban J connectivity index is 2.94. The maximum atomic E-state index is 11.9. The molecule has 0 aliphatic carbocycles. The molecule has 1 heterocycles. The third kappa shape index (κ3) is 4.37. The van der Waals surface area contributed by atoms with E-state index in [-0.39, 0.29) is 20.1 Å². The van der Waals surface area contributed by atoms with Crippen LogP contribution in [0.25, 0.3) is 0 Å². The molecule has 108 valence electrons. The van der Waals surface area contributed by atoms with Crippen molar-refractivity contribution in [2.24, 2.45) is 0 Å². The van der Waals surface area contributed by atoms with Crippen molar-refractivity contribution in [2.45, 2.75) is 26.6 Å². The molecule has 0 aliphatic rings. The maximum Gasteiger partial charge on any atom is 0.338 e. The lowest BCUT2D eigenvalue weighted by Crippen LogP contribution is -2.49. The largest absolute Gasteiger partial charge is 0.356 e. The molecule has 0 aliphatic heterocycles. The second-order valence-corrected chi connectivity index (χ2v) is 4.07. The molecule has 0 aromatic carbocycles. The minimum Gasteiger partial charge on any atom is -0.356 e. The van der Waals surface area contributed by atoms with E-state index in [1.54, 1.807) is 6.92 Å². The number of nitrogens with one attached hydrogen (secondary N) is 1. The summed E-state index contributed by atoms with van der Waals surface area (Å²) in [7, 11) is 0. The summed E-state index contributed by atoms with van der Waals surface area (Å²) >= 11 is 4.01. The van der Waals surface area contributed by atoms with E-state index in [0.717, 1.165) is 9.13 Å². The second-order valence-electron chi connectivity index (χ2n) is 3.62. The fraction of sp³-hybridized carbons (Fsp3) is 0.700.